The Kier molecular flexibility index (Phi) is 4.00. The summed E-state index contributed by atoms with van der Waals surface area (Å²) in [7, 11) is 0. The molecule has 0 radical (unpaired) electrons. The molecule has 0 aliphatic carbocycles. The summed E-state index contributed by atoms with van der Waals surface area (Å²) in [6.07, 6.45) is 5.88. The third kappa shape index (κ3) is 2.79. The minimum Gasteiger partial charge on any atom is -0.361 e. The molecule has 2 aliphatic rings. The number of nitrogens with one attached hydrogen (secondary N) is 1. The standard InChI is InChI=1S/C19H23N3O2/c23-18-6-3-9-22(18)15-7-10-21(11-8-15)19(24)12-14-13-20-17-5-2-1-4-16(14)17/h1-2,4-5,13,15,20H,3,6-12H2. The van der Waals surface area contributed by atoms with E-state index in [1.807, 2.05) is 34.2 Å². The van der Waals surface area contributed by atoms with Gasteiger partial charge in [-0.15, -0.1) is 0 Å². The van der Waals surface area contributed by atoms with Gasteiger partial charge in [-0.05, 0) is 30.9 Å². The van der Waals surface area contributed by atoms with Gasteiger partial charge in [0.05, 0.1) is 6.42 Å². The van der Waals surface area contributed by atoms with Gasteiger partial charge in [-0.2, -0.15) is 0 Å². The van der Waals surface area contributed by atoms with Crippen LogP contribution in [-0.4, -0.2) is 52.3 Å². The molecule has 2 saturated heterocycles. The molecule has 1 N–H and O–H groups in total. The molecule has 0 unspecified atom stereocenters. The molecule has 1 aromatic carbocycles. The van der Waals surface area contributed by atoms with Crippen molar-refractivity contribution in [2.45, 2.75) is 38.1 Å². The SMILES string of the molecule is O=C(Cc1c[nH]c2ccccc12)N1CCC(N2CCCC2=O)CC1. The van der Waals surface area contributed by atoms with Crippen LogP contribution in [0.1, 0.15) is 31.2 Å². The Morgan fingerprint density at radius 2 is 1.96 bits per heavy atom. The highest BCUT2D eigenvalue weighted by atomic mass is 16.2. The second-order valence-corrected chi connectivity index (χ2v) is 6.84. The van der Waals surface area contributed by atoms with Crippen LogP contribution in [0.2, 0.25) is 0 Å². The topological polar surface area (TPSA) is 56.4 Å². The third-order valence-electron chi connectivity index (χ3n) is 5.38. The van der Waals surface area contributed by atoms with Crippen LogP contribution in [0, 0.1) is 0 Å². The Bertz CT molecular complexity index is 759. The first-order valence-electron chi connectivity index (χ1n) is 8.84. The van der Waals surface area contributed by atoms with Crippen LogP contribution < -0.4 is 0 Å². The maximum Gasteiger partial charge on any atom is 0.227 e. The van der Waals surface area contributed by atoms with E-state index in [1.54, 1.807) is 0 Å². The van der Waals surface area contributed by atoms with E-state index in [0.717, 1.165) is 55.4 Å². The lowest BCUT2D eigenvalue weighted by Crippen LogP contribution is -2.47. The van der Waals surface area contributed by atoms with Crippen molar-refractivity contribution in [2.24, 2.45) is 0 Å². The molecular weight excluding hydrogens is 302 g/mol. The number of benzene rings is 1. The summed E-state index contributed by atoms with van der Waals surface area (Å²) in [5.41, 5.74) is 2.14. The number of H-pyrrole nitrogens is 1. The number of hydrogen-bond donors (Lipinski definition) is 1. The van der Waals surface area contributed by atoms with Gasteiger partial charge in [0, 0.05) is 49.2 Å². The van der Waals surface area contributed by atoms with Crippen LogP contribution in [0.3, 0.4) is 0 Å². The maximum atomic E-state index is 12.6. The molecule has 0 saturated carbocycles. The number of nitrogens with zero attached hydrogens (tertiary/aromatic N) is 2. The zero-order valence-electron chi connectivity index (χ0n) is 13.8. The predicted molar refractivity (Wildman–Crippen MR) is 92.6 cm³/mol. The molecule has 2 aliphatic heterocycles. The van der Waals surface area contributed by atoms with Crippen LogP contribution in [0.4, 0.5) is 0 Å². The monoisotopic (exact) mass is 325 g/mol. The fourth-order valence-electron chi connectivity index (χ4n) is 4.03. The van der Waals surface area contributed by atoms with Crippen molar-refractivity contribution in [2.75, 3.05) is 19.6 Å². The molecule has 0 atom stereocenters. The highest BCUT2D eigenvalue weighted by Gasteiger charge is 2.31. The Balaban J connectivity index is 1.37. The van der Waals surface area contributed by atoms with Gasteiger partial charge in [0.1, 0.15) is 0 Å². The van der Waals surface area contributed by atoms with Crippen LogP contribution in [0.25, 0.3) is 10.9 Å². The fraction of sp³-hybridized carbons (Fsp3) is 0.474. The molecule has 3 heterocycles. The van der Waals surface area contributed by atoms with E-state index in [0.29, 0.717) is 24.8 Å². The Morgan fingerprint density at radius 3 is 2.71 bits per heavy atom. The van der Waals surface area contributed by atoms with Crippen molar-refractivity contribution in [3.8, 4) is 0 Å². The first-order chi connectivity index (χ1) is 11.7. The molecule has 2 fully saturated rings. The maximum absolute atomic E-state index is 12.6. The Morgan fingerprint density at radius 1 is 1.17 bits per heavy atom. The number of carbonyl (C=O) groups excluding carboxylic acids is 2. The summed E-state index contributed by atoms with van der Waals surface area (Å²) < 4.78 is 0. The van der Waals surface area contributed by atoms with E-state index in [-0.39, 0.29) is 5.91 Å². The zero-order chi connectivity index (χ0) is 16.5. The minimum atomic E-state index is 0.186. The number of piperidine rings is 1. The molecule has 24 heavy (non-hydrogen) atoms. The van der Waals surface area contributed by atoms with Crippen LogP contribution >= 0.6 is 0 Å². The molecule has 1 aromatic heterocycles. The van der Waals surface area contributed by atoms with E-state index in [9.17, 15) is 9.59 Å². The fourth-order valence-corrected chi connectivity index (χ4v) is 4.03. The highest BCUT2D eigenvalue weighted by Crippen LogP contribution is 2.23. The number of hydrogen-bond acceptors (Lipinski definition) is 2. The quantitative estimate of drug-likeness (QED) is 0.941. The van der Waals surface area contributed by atoms with Gasteiger partial charge in [-0.1, -0.05) is 18.2 Å². The van der Waals surface area contributed by atoms with E-state index in [1.165, 1.54) is 0 Å². The normalized spacial score (nSPS) is 19.4. The van der Waals surface area contributed by atoms with Crippen molar-refractivity contribution in [1.82, 2.24) is 14.8 Å². The van der Waals surface area contributed by atoms with E-state index in [4.69, 9.17) is 0 Å². The molecule has 0 bridgehead atoms. The molecule has 126 valence electrons. The molecule has 0 spiro atoms. The van der Waals surface area contributed by atoms with Crippen LogP contribution in [0.5, 0.6) is 0 Å². The first kappa shape index (κ1) is 15.2. The molecule has 2 aromatic rings. The summed E-state index contributed by atoms with van der Waals surface area (Å²) >= 11 is 0. The average Bonchev–Trinajstić information content (AvgIpc) is 3.22. The highest BCUT2D eigenvalue weighted by molar-refractivity contribution is 5.89. The third-order valence-corrected chi connectivity index (χ3v) is 5.38. The summed E-state index contributed by atoms with van der Waals surface area (Å²) in [4.78, 5) is 31.7. The van der Waals surface area contributed by atoms with Gasteiger partial charge in [0.15, 0.2) is 0 Å². The van der Waals surface area contributed by atoms with E-state index in [2.05, 4.69) is 11.1 Å². The van der Waals surface area contributed by atoms with Gasteiger partial charge >= 0.3 is 0 Å². The number of aromatic nitrogens is 1. The van der Waals surface area contributed by atoms with Crippen LogP contribution in [-0.2, 0) is 16.0 Å². The number of fused-ring (bicyclic) bond motifs is 1. The van der Waals surface area contributed by atoms with Gasteiger partial charge in [0.25, 0.3) is 0 Å². The molecule has 5 heteroatoms. The van der Waals surface area contributed by atoms with E-state index < -0.39 is 0 Å². The molecule has 2 amide bonds. The number of amides is 2. The second-order valence-electron chi connectivity index (χ2n) is 6.84. The first-order valence-corrected chi connectivity index (χ1v) is 8.84. The lowest BCUT2D eigenvalue weighted by molar-refractivity contribution is -0.134. The summed E-state index contributed by atoms with van der Waals surface area (Å²) in [5.74, 6) is 0.476. The van der Waals surface area contributed by atoms with Gasteiger partial charge in [-0.3, -0.25) is 9.59 Å². The van der Waals surface area contributed by atoms with Crippen LogP contribution in [0.15, 0.2) is 30.5 Å². The number of aromatic amines is 1. The van der Waals surface area contributed by atoms with E-state index >= 15 is 0 Å². The van der Waals surface area contributed by atoms with Crippen molar-refractivity contribution < 1.29 is 9.59 Å². The molecule has 5 nitrogen and oxygen atoms in total. The summed E-state index contributed by atoms with van der Waals surface area (Å²) in [6.45, 7) is 2.41. The summed E-state index contributed by atoms with van der Waals surface area (Å²) in [6, 6.07) is 8.41. The molecular formula is C19H23N3O2. The Labute approximate surface area is 141 Å². The number of para-hydroxylation sites is 1. The van der Waals surface area contributed by atoms with Crippen molar-refractivity contribution in [3.05, 3.63) is 36.0 Å². The largest absolute Gasteiger partial charge is 0.361 e. The number of carbonyl (C=O) groups is 2. The summed E-state index contributed by atoms with van der Waals surface area (Å²) in [5, 5.41) is 1.13. The predicted octanol–water partition coefficient (Wildman–Crippen LogP) is 2.32. The van der Waals surface area contributed by atoms with Crippen molar-refractivity contribution >= 4 is 22.7 Å². The average molecular weight is 325 g/mol. The van der Waals surface area contributed by atoms with Gasteiger partial charge in [0.2, 0.25) is 11.8 Å². The Hall–Kier alpha value is -2.30. The lowest BCUT2D eigenvalue weighted by atomic mass is 10.0. The minimum absolute atomic E-state index is 0.186. The number of likely N-dealkylation sites (tertiary alicyclic amines) is 2. The van der Waals surface area contributed by atoms with Crippen molar-refractivity contribution in [1.29, 1.82) is 0 Å². The molecule has 4 rings (SSSR count). The van der Waals surface area contributed by atoms with Crippen molar-refractivity contribution in [3.63, 3.8) is 0 Å². The second kappa shape index (κ2) is 6.30. The van der Waals surface area contributed by atoms with Gasteiger partial charge in [-0.25, -0.2) is 0 Å². The number of rotatable bonds is 3. The smallest absolute Gasteiger partial charge is 0.227 e. The lowest BCUT2D eigenvalue weighted by Gasteiger charge is -2.36. The van der Waals surface area contributed by atoms with Gasteiger partial charge < -0.3 is 14.8 Å². The zero-order valence-corrected chi connectivity index (χ0v) is 13.8.